The topological polar surface area (TPSA) is 41.1 Å². The molecule has 3 aliphatic rings. The van der Waals surface area contributed by atoms with Crippen LogP contribution < -0.4 is 10.6 Å². The van der Waals surface area contributed by atoms with Crippen LogP contribution in [0.5, 0.6) is 0 Å². The summed E-state index contributed by atoms with van der Waals surface area (Å²) in [6.45, 7) is 1.02. The third-order valence-corrected chi connectivity index (χ3v) is 4.90. The number of benzene rings is 1. The number of rotatable bonds is 4. The molecule has 0 spiro atoms. The highest BCUT2D eigenvalue weighted by Gasteiger charge is 2.42. The second-order valence-corrected chi connectivity index (χ2v) is 6.54. The summed E-state index contributed by atoms with van der Waals surface area (Å²) in [6, 6.07) is 6.51. The number of carbonyl (C=O) groups excluding carboxylic acids is 1. The smallest absolute Gasteiger partial charge is 0.251 e. The van der Waals surface area contributed by atoms with E-state index >= 15 is 0 Å². The Labute approximate surface area is 120 Å². The van der Waals surface area contributed by atoms with Gasteiger partial charge in [0.1, 0.15) is 0 Å². The predicted octanol–water partition coefficient (Wildman–Crippen LogP) is 2.96. The molecule has 1 aromatic carbocycles. The molecule has 2 fully saturated rings. The molecule has 0 unspecified atom stereocenters. The molecule has 1 amide bonds. The molecule has 2 N–H and O–H groups in total. The molecule has 1 heterocycles. The quantitative estimate of drug-likeness (QED) is 0.883. The van der Waals surface area contributed by atoms with Crippen LogP contribution in [0.3, 0.4) is 0 Å². The van der Waals surface area contributed by atoms with Gasteiger partial charge in [-0.15, -0.1) is 0 Å². The van der Waals surface area contributed by atoms with Crippen molar-refractivity contribution in [2.75, 3.05) is 11.9 Å². The maximum Gasteiger partial charge on any atom is 0.251 e. The van der Waals surface area contributed by atoms with Gasteiger partial charge in [0.05, 0.1) is 0 Å². The van der Waals surface area contributed by atoms with Crippen molar-refractivity contribution >= 4 is 11.6 Å². The summed E-state index contributed by atoms with van der Waals surface area (Å²) in [5, 5.41) is 6.74. The van der Waals surface area contributed by atoms with Gasteiger partial charge in [-0.25, -0.2) is 0 Å². The lowest BCUT2D eigenvalue weighted by Crippen LogP contribution is -2.38. The fourth-order valence-corrected chi connectivity index (χ4v) is 3.48. The van der Waals surface area contributed by atoms with Crippen LogP contribution in [-0.2, 0) is 6.42 Å². The van der Waals surface area contributed by atoms with E-state index in [1.807, 2.05) is 12.1 Å². The largest absolute Gasteiger partial charge is 0.385 e. The lowest BCUT2D eigenvalue weighted by atomic mass is 9.96. The van der Waals surface area contributed by atoms with Crippen molar-refractivity contribution in [1.82, 2.24) is 5.32 Å². The fourth-order valence-electron chi connectivity index (χ4n) is 3.48. The van der Waals surface area contributed by atoms with Crippen molar-refractivity contribution in [3.05, 3.63) is 29.3 Å². The van der Waals surface area contributed by atoms with Crippen molar-refractivity contribution in [2.24, 2.45) is 11.8 Å². The van der Waals surface area contributed by atoms with Gasteiger partial charge in [0, 0.05) is 23.8 Å². The molecule has 4 rings (SSSR count). The minimum atomic E-state index is 0.148. The summed E-state index contributed by atoms with van der Waals surface area (Å²) in [4.78, 5) is 12.7. The van der Waals surface area contributed by atoms with Crippen LogP contribution >= 0.6 is 0 Å². The van der Waals surface area contributed by atoms with Crippen molar-refractivity contribution < 1.29 is 4.79 Å². The minimum Gasteiger partial charge on any atom is -0.385 e. The molecule has 0 radical (unpaired) electrons. The lowest BCUT2D eigenvalue weighted by Gasteiger charge is -2.23. The summed E-state index contributed by atoms with van der Waals surface area (Å²) >= 11 is 0. The second kappa shape index (κ2) is 4.80. The summed E-state index contributed by atoms with van der Waals surface area (Å²) in [5.41, 5.74) is 3.25. The monoisotopic (exact) mass is 270 g/mol. The molecule has 1 aromatic rings. The number of fused-ring (bicyclic) bond motifs is 1. The maximum atomic E-state index is 12.7. The van der Waals surface area contributed by atoms with Gasteiger partial charge in [0.15, 0.2) is 0 Å². The average Bonchev–Trinajstić information content (AvgIpc) is 3.37. The first-order valence-electron chi connectivity index (χ1n) is 7.99. The molecule has 0 bridgehead atoms. The van der Waals surface area contributed by atoms with Crippen molar-refractivity contribution in [3.63, 3.8) is 0 Å². The van der Waals surface area contributed by atoms with Gasteiger partial charge >= 0.3 is 0 Å². The molecule has 0 saturated heterocycles. The normalized spacial score (nSPS) is 21.2. The van der Waals surface area contributed by atoms with Gasteiger partial charge in [-0.2, -0.15) is 0 Å². The van der Waals surface area contributed by atoms with E-state index in [0.717, 1.165) is 42.5 Å². The van der Waals surface area contributed by atoms with Crippen LogP contribution in [0.1, 0.15) is 48.0 Å². The number of anilines is 1. The van der Waals surface area contributed by atoms with Crippen LogP contribution in [0.2, 0.25) is 0 Å². The molecule has 2 saturated carbocycles. The van der Waals surface area contributed by atoms with E-state index in [9.17, 15) is 4.79 Å². The van der Waals surface area contributed by atoms with Crippen LogP contribution in [0, 0.1) is 11.8 Å². The van der Waals surface area contributed by atoms with Crippen LogP contribution in [0.25, 0.3) is 0 Å². The summed E-state index contributed by atoms with van der Waals surface area (Å²) in [7, 11) is 0. The number of hydrogen-bond donors (Lipinski definition) is 2. The Kier molecular flexibility index (Phi) is 2.94. The zero-order chi connectivity index (χ0) is 13.5. The van der Waals surface area contributed by atoms with E-state index in [-0.39, 0.29) is 5.91 Å². The first-order valence-corrected chi connectivity index (χ1v) is 7.99. The number of carbonyl (C=O) groups is 1. The predicted molar refractivity (Wildman–Crippen MR) is 80.0 cm³/mol. The van der Waals surface area contributed by atoms with Crippen molar-refractivity contribution in [1.29, 1.82) is 0 Å². The molecule has 3 nitrogen and oxygen atoms in total. The van der Waals surface area contributed by atoms with Gasteiger partial charge in [0.25, 0.3) is 5.91 Å². The van der Waals surface area contributed by atoms with Crippen LogP contribution in [-0.4, -0.2) is 18.5 Å². The number of nitrogens with one attached hydrogen (secondary N) is 2. The summed E-state index contributed by atoms with van der Waals surface area (Å²) in [6.07, 6.45) is 7.34. The summed E-state index contributed by atoms with van der Waals surface area (Å²) < 4.78 is 0. The Hall–Kier alpha value is -1.51. The van der Waals surface area contributed by atoms with E-state index < -0.39 is 0 Å². The molecular weight excluding hydrogens is 248 g/mol. The second-order valence-electron chi connectivity index (χ2n) is 6.54. The Bertz CT molecular complexity index is 520. The van der Waals surface area contributed by atoms with Gasteiger partial charge in [-0.1, -0.05) is 6.07 Å². The molecule has 1 aliphatic heterocycles. The Morgan fingerprint density at radius 3 is 2.65 bits per heavy atom. The zero-order valence-electron chi connectivity index (χ0n) is 11.8. The van der Waals surface area contributed by atoms with Crippen LogP contribution in [0.15, 0.2) is 18.2 Å². The Morgan fingerprint density at radius 1 is 1.20 bits per heavy atom. The Balaban J connectivity index is 1.55. The molecule has 0 aromatic heterocycles. The highest BCUT2D eigenvalue weighted by Crippen LogP contribution is 2.44. The van der Waals surface area contributed by atoms with Gasteiger partial charge in [-0.05, 0) is 68.1 Å². The minimum absolute atomic E-state index is 0.148. The molecule has 3 heteroatoms. The molecule has 0 atom stereocenters. The average molecular weight is 270 g/mol. The van der Waals surface area contributed by atoms with Crippen LogP contribution in [0.4, 0.5) is 5.69 Å². The van der Waals surface area contributed by atoms with E-state index in [1.165, 1.54) is 31.2 Å². The van der Waals surface area contributed by atoms with Gasteiger partial charge < -0.3 is 10.6 Å². The summed E-state index contributed by atoms with van der Waals surface area (Å²) in [5.74, 6) is 1.66. The van der Waals surface area contributed by atoms with Crippen molar-refractivity contribution in [2.45, 2.75) is 44.6 Å². The highest BCUT2D eigenvalue weighted by atomic mass is 16.1. The fraction of sp³-hybridized carbons (Fsp3) is 0.588. The molecule has 20 heavy (non-hydrogen) atoms. The van der Waals surface area contributed by atoms with E-state index in [1.54, 1.807) is 0 Å². The number of amides is 1. The molecular formula is C17H22N2O. The zero-order valence-corrected chi connectivity index (χ0v) is 11.8. The maximum absolute atomic E-state index is 12.7. The molecule has 2 aliphatic carbocycles. The Morgan fingerprint density at radius 2 is 1.95 bits per heavy atom. The molecule has 106 valence electrons. The first kappa shape index (κ1) is 12.2. The standard InChI is InChI=1S/C17H22N2O/c20-17(19-16(11-6-7-11)12-8-9-12)14-3-1-5-15-13(14)4-2-10-18-15/h1,3,5,11-12,16,18H,2,4,6-10H2,(H,19,20). The van der Waals surface area contributed by atoms with Gasteiger partial charge in [-0.3, -0.25) is 4.79 Å². The number of hydrogen-bond acceptors (Lipinski definition) is 2. The van der Waals surface area contributed by atoms with Gasteiger partial charge in [0.2, 0.25) is 0 Å². The SMILES string of the molecule is O=C(NC(C1CC1)C1CC1)c1cccc2c1CCCN2. The third-order valence-electron chi connectivity index (χ3n) is 4.90. The van der Waals surface area contributed by atoms with Crippen molar-refractivity contribution in [3.8, 4) is 0 Å². The highest BCUT2D eigenvalue weighted by molar-refractivity contribution is 5.97. The lowest BCUT2D eigenvalue weighted by molar-refractivity contribution is 0.0925. The van der Waals surface area contributed by atoms with E-state index in [2.05, 4.69) is 16.7 Å². The first-order chi connectivity index (χ1) is 9.83. The third kappa shape index (κ3) is 2.30. The van der Waals surface area contributed by atoms with E-state index in [4.69, 9.17) is 0 Å². The van der Waals surface area contributed by atoms with E-state index in [0.29, 0.717) is 6.04 Å².